The zero-order chi connectivity index (χ0) is 19.6. The van der Waals surface area contributed by atoms with Gasteiger partial charge in [-0.05, 0) is 71.8 Å². The topological polar surface area (TPSA) is 61.3 Å². The fraction of sp³-hybridized carbons (Fsp3) is 0.350. The van der Waals surface area contributed by atoms with Gasteiger partial charge in [0.05, 0.1) is 43.8 Å². The number of hydrogen-bond acceptors (Lipinski definition) is 6. The maximum absolute atomic E-state index is 5.70. The summed E-state index contributed by atoms with van der Waals surface area (Å²) in [4.78, 5) is 0. The van der Waals surface area contributed by atoms with Crippen LogP contribution in [0.1, 0.15) is 25.0 Å². The predicted octanol–water partition coefficient (Wildman–Crippen LogP) is 4.23. The molecule has 2 aromatic carbocycles. The van der Waals surface area contributed by atoms with E-state index in [1.165, 1.54) is 0 Å². The van der Waals surface area contributed by atoms with Crippen LogP contribution < -0.4 is 24.4 Å². The van der Waals surface area contributed by atoms with Crippen molar-refractivity contribution in [1.29, 1.82) is 0 Å². The molecule has 0 bridgehead atoms. The number of rotatable bonds is 10. The Kier molecular flexibility index (Phi) is 8.50. The SMILES string of the molecule is CCOc1cc(/C=N/NCc2ccc(OC)c(OC)c2)cc(I)c1OCC. The number of nitrogens with one attached hydrogen (secondary N) is 1. The number of hydrogen-bond donors (Lipinski definition) is 1. The number of benzene rings is 2. The van der Waals surface area contributed by atoms with Crippen molar-refractivity contribution in [1.82, 2.24) is 5.43 Å². The summed E-state index contributed by atoms with van der Waals surface area (Å²) in [5.74, 6) is 2.91. The molecule has 0 aliphatic heterocycles. The van der Waals surface area contributed by atoms with Gasteiger partial charge in [-0.15, -0.1) is 0 Å². The predicted molar refractivity (Wildman–Crippen MR) is 115 cm³/mol. The van der Waals surface area contributed by atoms with Crippen LogP contribution in [0.15, 0.2) is 35.4 Å². The zero-order valence-electron chi connectivity index (χ0n) is 16.0. The molecule has 0 atom stereocenters. The van der Waals surface area contributed by atoms with Crippen molar-refractivity contribution in [2.45, 2.75) is 20.4 Å². The quantitative estimate of drug-likeness (QED) is 0.311. The number of hydrazone groups is 1. The van der Waals surface area contributed by atoms with E-state index in [4.69, 9.17) is 18.9 Å². The highest BCUT2D eigenvalue weighted by Gasteiger charge is 2.11. The Hall–Kier alpha value is -2.16. The summed E-state index contributed by atoms with van der Waals surface area (Å²) in [7, 11) is 3.24. The molecular formula is C20H25IN2O4. The van der Waals surface area contributed by atoms with Gasteiger partial charge >= 0.3 is 0 Å². The van der Waals surface area contributed by atoms with Crippen LogP contribution in [-0.2, 0) is 6.54 Å². The summed E-state index contributed by atoms with van der Waals surface area (Å²) in [6.45, 7) is 5.65. The molecule has 0 saturated heterocycles. The van der Waals surface area contributed by atoms with Gasteiger partial charge < -0.3 is 24.4 Å². The van der Waals surface area contributed by atoms with Crippen LogP contribution in [0.4, 0.5) is 0 Å². The third-order valence-electron chi connectivity index (χ3n) is 3.66. The Morgan fingerprint density at radius 1 is 0.963 bits per heavy atom. The molecule has 146 valence electrons. The van der Waals surface area contributed by atoms with Crippen LogP contribution in [-0.4, -0.2) is 33.6 Å². The van der Waals surface area contributed by atoms with Gasteiger partial charge in [-0.3, -0.25) is 0 Å². The van der Waals surface area contributed by atoms with Gasteiger partial charge in [-0.1, -0.05) is 6.07 Å². The molecule has 1 N–H and O–H groups in total. The monoisotopic (exact) mass is 484 g/mol. The summed E-state index contributed by atoms with van der Waals surface area (Å²) in [5.41, 5.74) is 5.03. The first-order valence-electron chi connectivity index (χ1n) is 8.68. The van der Waals surface area contributed by atoms with Crippen LogP contribution >= 0.6 is 22.6 Å². The van der Waals surface area contributed by atoms with Crippen molar-refractivity contribution < 1.29 is 18.9 Å². The fourth-order valence-corrected chi connectivity index (χ4v) is 3.24. The van der Waals surface area contributed by atoms with Crippen molar-refractivity contribution in [2.24, 2.45) is 5.10 Å². The average Bonchev–Trinajstić information content (AvgIpc) is 2.68. The minimum absolute atomic E-state index is 0.573. The first-order chi connectivity index (χ1) is 13.1. The smallest absolute Gasteiger partial charge is 0.174 e. The molecule has 6 nitrogen and oxygen atoms in total. The molecule has 2 rings (SSSR count). The normalized spacial score (nSPS) is 10.7. The number of nitrogens with zero attached hydrogens (tertiary/aromatic N) is 1. The molecule has 0 amide bonds. The largest absolute Gasteiger partial charge is 0.493 e. The van der Waals surface area contributed by atoms with E-state index in [1.807, 2.05) is 44.2 Å². The van der Waals surface area contributed by atoms with Crippen LogP contribution in [0.3, 0.4) is 0 Å². The fourth-order valence-electron chi connectivity index (χ4n) is 2.46. The zero-order valence-corrected chi connectivity index (χ0v) is 18.2. The van der Waals surface area contributed by atoms with Crippen molar-refractivity contribution in [2.75, 3.05) is 27.4 Å². The number of methoxy groups -OCH3 is 2. The second kappa shape index (κ2) is 10.9. The van der Waals surface area contributed by atoms with E-state index >= 15 is 0 Å². The van der Waals surface area contributed by atoms with E-state index in [0.717, 1.165) is 26.2 Å². The van der Waals surface area contributed by atoms with Gasteiger partial charge in [0.15, 0.2) is 23.0 Å². The third-order valence-corrected chi connectivity index (χ3v) is 4.46. The summed E-state index contributed by atoms with van der Waals surface area (Å²) >= 11 is 2.25. The number of halogens is 1. The van der Waals surface area contributed by atoms with Crippen LogP contribution in [0, 0.1) is 3.57 Å². The minimum Gasteiger partial charge on any atom is -0.493 e. The maximum Gasteiger partial charge on any atom is 0.174 e. The van der Waals surface area contributed by atoms with Gasteiger partial charge in [-0.25, -0.2) is 0 Å². The molecule has 0 aromatic heterocycles. The standard InChI is InChI=1S/C20H25IN2O4/c1-5-26-19-11-15(9-16(21)20(19)27-6-2)13-23-22-12-14-7-8-17(24-3)18(10-14)25-4/h7-11,13,22H,5-6,12H2,1-4H3/b23-13+. The highest BCUT2D eigenvalue weighted by Crippen LogP contribution is 2.34. The van der Waals surface area contributed by atoms with Crippen LogP contribution in [0.5, 0.6) is 23.0 Å². The molecule has 0 heterocycles. The lowest BCUT2D eigenvalue weighted by Gasteiger charge is -2.13. The summed E-state index contributed by atoms with van der Waals surface area (Å²) in [5, 5.41) is 4.31. The Morgan fingerprint density at radius 3 is 2.37 bits per heavy atom. The molecular weight excluding hydrogens is 459 g/mol. The van der Waals surface area contributed by atoms with E-state index in [0.29, 0.717) is 31.3 Å². The maximum atomic E-state index is 5.70. The lowest BCUT2D eigenvalue weighted by molar-refractivity contribution is 0.286. The summed E-state index contributed by atoms with van der Waals surface area (Å²) in [6.07, 6.45) is 1.77. The van der Waals surface area contributed by atoms with E-state index in [-0.39, 0.29) is 0 Å². The van der Waals surface area contributed by atoms with Crippen LogP contribution in [0.2, 0.25) is 0 Å². The van der Waals surface area contributed by atoms with Crippen molar-refractivity contribution in [3.63, 3.8) is 0 Å². The van der Waals surface area contributed by atoms with Crippen LogP contribution in [0.25, 0.3) is 0 Å². The Morgan fingerprint density at radius 2 is 1.70 bits per heavy atom. The first-order valence-corrected chi connectivity index (χ1v) is 9.76. The molecule has 2 aromatic rings. The second-order valence-corrected chi connectivity index (χ2v) is 6.64. The second-order valence-electron chi connectivity index (χ2n) is 5.48. The van der Waals surface area contributed by atoms with E-state index in [1.54, 1.807) is 20.4 Å². The molecule has 0 fully saturated rings. The molecule has 0 saturated carbocycles. The Labute approximate surface area is 174 Å². The van der Waals surface area contributed by atoms with Crippen molar-refractivity contribution in [3.05, 3.63) is 45.0 Å². The Bertz CT molecular complexity index is 781. The van der Waals surface area contributed by atoms with Gasteiger partial charge in [0.2, 0.25) is 0 Å². The summed E-state index contributed by atoms with van der Waals surface area (Å²) in [6, 6.07) is 9.71. The summed E-state index contributed by atoms with van der Waals surface area (Å²) < 4.78 is 22.9. The highest BCUT2D eigenvalue weighted by molar-refractivity contribution is 14.1. The average molecular weight is 484 g/mol. The molecule has 0 aliphatic carbocycles. The minimum atomic E-state index is 0.573. The van der Waals surface area contributed by atoms with E-state index in [9.17, 15) is 0 Å². The van der Waals surface area contributed by atoms with Crippen molar-refractivity contribution >= 4 is 28.8 Å². The van der Waals surface area contributed by atoms with Gasteiger partial charge in [0, 0.05) is 0 Å². The van der Waals surface area contributed by atoms with E-state index < -0.39 is 0 Å². The van der Waals surface area contributed by atoms with Gasteiger partial charge in [-0.2, -0.15) is 5.10 Å². The Balaban J connectivity index is 2.05. The number of ether oxygens (including phenoxy) is 4. The van der Waals surface area contributed by atoms with Gasteiger partial charge in [0.25, 0.3) is 0 Å². The molecule has 0 radical (unpaired) electrons. The van der Waals surface area contributed by atoms with Crippen molar-refractivity contribution in [3.8, 4) is 23.0 Å². The lowest BCUT2D eigenvalue weighted by atomic mass is 10.2. The first kappa shape index (κ1) is 21.1. The molecule has 7 heteroatoms. The third kappa shape index (κ3) is 5.92. The van der Waals surface area contributed by atoms with Gasteiger partial charge in [0.1, 0.15) is 0 Å². The van der Waals surface area contributed by atoms with E-state index in [2.05, 4.69) is 33.1 Å². The molecule has 0 unspecified atom stereocenters. The molecule has 0 aliphatic rings. The highest BCUT2D eigenvalue weighted by atomic mass is 127. The lowest BCUT2D eigenvalue weighted by Crippen LogP contribution is -2.06. The molecule has 0 spiro atoms. The molecule has 27 heavy (non-hydrogen) atoms.